The van der Waals surface area contributed by atoms with Gasteiger partial charge in [0.2, 0.25) is 11.8 Å². The molecule has 0 saturated carbocycles. The molecule has 5 aromatic rings. The summed E-state index contributed by atoms with van der Waals surface area (Å²) in [4.78, 5) is 89.6. The van der Waals surface area contributed by atoms with Crippen molar-refractivity contribution in [2.24, 2.45) is 11.8 Å². The Balaban J connectivity index is 0.964. The number of nitrogens with zero attached hydrogens (tertiary/aromatic N) is 6. The van der Waals surface area contributed by atoms with E-state index < -0.39 is 30.3 Å². The summed E-state index contributed by atoms with van der Waals surface area (Å²) >= 11 is 0. The Hall–Kier alpha value is -7.57. The zero-order valence-electron chi connectivity index (χ0n) is 40.2. The van der Waals surface area contributed by atoms with Gasteiger partial charge in [0.1, 0.15) is 29.8 Å². The molecule has 69 heavy (non-hydrogen) atoms. The van der Waals surface area contributed by atoms with Crippen LogP contribution in [0.25, 0.3) is 33.6 Å². The number of hydrogen-bond donors (Lipinski definition) is 4. The fourth-order valence-electron chi connectivity index (χ4n) is 9.36. The van der Waals surface area contributed by atoms with Crippen molar-refractivity contribution in [1.82, 2.24) is 50.2 Å². The number of aromatic nitrogens is 4. The summed E-state index contributed by atoms with van der Waals surface area (Å²) in [5, 5.41) is 5.38. The second-order valence-corrected chi connectivity index (χ2v) is 18.2. The number of urea groups is 1. The van der Waals surface area contributed by atoms with E-state index >= 15 is 0 Å². The fourth-order valence-corrected chi connectivity index (χ4v) is 9.36. The molecule has 3 aliphatic rings. The first-order valence-corrected chi connectivity index (χ1v) is 23.1. The molecule has 3 aliphatic heterocycles. The van der Waals surface area contributed by atoms with Crippen molar-refractivity contribution in [2.75, 3.05) is 48.2 Å². The number of ether oxygens (including phenoxy) is 4. The summed E-state index contributed by atoms with van der Waals surface area (Å²) in [5.41, 5.74) is 7.27. The van der Waals surface area contributed by atoms with Gasteiger partial charge in [0, 0.05) is 19.6 Å². The van der Waals surface area contributed by atoms with Crippen molar-refractivity contribution in [3.05, 3.63) is 95.8 Å². The third-order valence-corrected chi connectivity index (χ3v) is 13.2. The lowest BCUT2D eigenvalue weighted by molar-refractivity contribution is -0.136. The lowest BCUT2D eigenvalue weighted by Crippen LogP contribution is -2.52. The van der Waals surface area contributed by atoms with Crippen LogP contribution in [0.5, 0.6) is 11.5 Å². The van der Waals surface area contributed by atoms with Crippen LogP contribution < -0.4 is 20.1 Å². The monoisotopic (exact) mass is 944 g/mol. The molecular formula is C50H60N10O9. The van der Waals surface area contributed by atoms with Crippen LogP contribution in [0.3, 0.4) is 0 Å². The molecule has 4 atom stereocenters. The lowest BCUT2D eigenvalue weighted by Gasteiger charge is -2.30. The maximum atomic E-state index is 14.3. The smallest absolute Gasteiger partial charge is 0.407 e. The van der Waals surface area contributed by atoms with Crippen molar-refractivity contribution in [3.8, 4) is 45.1 Å². The summed E-state index contributed by atoms with van der Waals surface area (Å²) in [7, 11) is 5.67. The Kier molecular flexibility index (Phi) is 14.1. The molecule has 364 valence electrons. The third-order valence-electron chi connectivity index (χ3n) is 13.2. The van der Waals surface area contributed by atoms with E-state index in [9.17, 15) is 24.0 Å². The highest BCUT2D eigenvalue weighted by molar-refractivity contribution is 5.88. The SMILES string of the molecule is COC(=O)N[C@H](C(=O)N1CN(C(=O)N2Cc3cc(OC)c(OC)cc3C2)CC1c1ncc(-c2ccc(-c3ccc(-c4cnc([C@@H]5CCCN5C(=O)[C@@H](NC(=O)OC)C(C)C)[nH]4)cc3)cc2)[nH]1)C(C)C. The quantitative estimate of drug-likeness (QED) is 0.0957. The van der Waals surface area contributed by atoms with Gasteiger partial charge in [-0.15, -0.1) is 0 Å². The zero-order valence-corrected chi connectivity index (χ0v) is 40.2. The average Bonchev–Trinajstić information content (AvgIpc) is 4.23. The average molecular weight is 945 g/mol. The van der Waals surface area contributed by atoms with Crippen molar-refractivity contribution >= 4 is 30.0 Å². The summed E-state index contributed by atoms with van der Waals surface area (Å²) in [6.07, 6.45) is 3.72. The van der Waals surface area contributed by atoms with E-state index in [0.717, 1.165) is 57.6 Å². The highest BCUT2D eigenvalue weighted by Gasteiger charge is 2.44. The minimum Gasteiger partial charge on any atom is -0.493 e. The first kappa shape index (κ1) is 47.9. The van der Waals surface area contributed by atoms with Crippen LogP contribution in [0, 0.1) is 11.8 Å². The Bertz CT molecular complexity index is 2650. The summed E-state index contributed by atoms with van der Waals surface area (Å²) < 4.78 is 20.6. The number of fused-ring (bicyclic) bond motifs is 1. The molecule has 5 heterocycles. The van der Waals surface area contributed by atoms with E-state index in [-0.39, 0.29) is 48.9 Å². The van der Waals surface area contributed by atoms with Crippen LogP contribution in [-0.4, -0.2) is 130 Å². The molecule has 8 rings (SSSR count). The predicted molar refractivity (Wildman–Crippen MR) is 254 cm³/mol. The standard InChI is InChI=1S/C50H60N10O9/c1-28(2)42(55-48(63)68-7)46(61)59-19-9-10-38(59)44-51-22-36(53-44)32-15-11-30(12-16-32)31-13-17-33(18-14-31)37-23-52-45(54-37)39-26-58(27-60(39)47(62)43(29(3)4)56-49(64)69-8)50(65)57-24-34-20-40(66-5)41(67-6)21-35(34)25-57/h11-18,20-23,28-29,38-39,42-43H,9-10,19,24-27H2,1-8H3,(H,51,53)(H,52,54)(H,55,63)(H,56,64)/t38-,39?,42-,43-/m0/s1. The molecule has 2 saturated heterocycles. The van der Waals surface area contributed by atoms with Gasteiger partial charge in [0.15, 0.2) is 11.5 Å². The Morgan fingerprint density at radius 3 is 1.52 bits per heavy atom. The molecule has 2 fully saturated rings. The van der Waals surface area contributed by atoms with Gasteiger partial charge in [-0.2, -0.15) is 0 Å². The first-order chi connectivity index (χ1) is 33.2. The second-order valence-electron chi connectivity index (χ2n) is 18.2. The molecule has 0 radical (unpaired) electrons. The largest absolute Gasteiger partial charge is 0.493 e. The maximum Gasteiger partial charge on any atom is 0.407 e. The normalized spacial score (nSPS) is 17.5. The number of aromatic amines is 2. The molecule has 0 bridgehead atoms. The van der Waals surface area contributed by atoms with Crippen molar-refractivity contribution in [1.29, 1.82) is 0 Å². The predicted octanol–water partition coefficient (Wildman–Crippen LogP) is 6.85. The molecule has 4 N–H and O–H groups in total. The number of likely N-dealkylation sites (tertiary alicyclic amines) is 1. The van der Waals surface area contributed by atoms with Crippen molar-refractivity contribution < 1.29 is 42.9 Å². The van der Waals surface area contributed by atoms with E-state index in [1.54, 1.807) is 46.2 Å². The van der Waals surface area contributed by atoms with Gasteiger partial charge in [0.25, 0.3) is 0 Å². The number of hydrogen-bond acceptors (Lipinski definition) is 11. The van der Waals surface area contributed by atoms with Gasteiger partial charge in [0.05, 0.1) is 71.5 Å². The number of carbonyl (C=O) groups is 5. The van der Waals surface area contributed by atoms with E-state index in [1.165, 1.54) is 14.2 Å². The minimum absolute atomic E-state index is 0.0183. The summed E-state index contributed by atoms with van der Waals surface area (Å²) in [6.45, 7) is 8.90. The highest BCUT2D eigenvalue weighted by atomic mass is 16.5. The number of imidazole rings is 2. The van der Waals surface area contributed by atoms with Gasteiger partial charge < -0.3 is 59.1 Å². The van der Waals surface area contributed by atoms with Crippen LogP contribution >= 0.6 is 0 Å². The number of benzene rings is 3. The molecule has 3 aromatic carbocycles. The lowest BCUT2D eigenvalue weighted by atomic mass is 10.0. The number of rotatable bonds is 13. The molecule has 0 aliphatic carbocycles. The van der Waals surface area contributed by atoms with Gasteiger partial charge >= 0.3 is 18.2 Å². The number of methoxy groups -OCH3 is 4. The fraction of sp³-hybridized carbons (Fsp3) is 0.420. The molecule has 1 unspecified atom stereocenters. The van der Waals surface area contributed by atoms with E-state index in [2.05, 4.69) is 25.6 Å². The molecular weight excluding hydrogens is 885 g/mol. The number of nitrogens with one attached hydrogen (secondary N) is 4. The van der Waals surface area contributed by atoms with Crippen LogP contribution in [0.2, 0.25) is 0 Å². The van der Waals surface area contributed by atoms with Gasteiger partial charge in [-0.25, -0.2) is 24.4 Å². The van der Waals surface area contributed by atoms with Gasteiger partial charge in [-0.05, 0) is 70.2 Å². The zero-order chi connectivity index (χ0) is 49.1. The van der Waals surface area contributed by atoms with Gasteiger partial charge in [-0.3, -0.25) is 9.59 Å². The van der Waals surface area contributed by atoms with E-state index in [0.29, 0.717) is 42.8 Å². The molecule has 2 aromatic heterocycles. The minimum atomic E-state index is -0.916. The summed E-state index contributed by atoms with van der Waals surface area (Å²) in [6, 6.07) is 17.2. The number of amides is 6. The Morgan fingerprint density at radius 2 is 1.07 bits per heavy atom. The number of carbonyl (C=O) groups excluding carboxylic acids is 5. The third kappa shape index (κ3) is 9.89. The topological polar surface area (TPSA) is 217 Å². The Labute approximate surface area is 400 Å². The second kappa shape index (κ2) is 20.3. The van der Waals surface area contributed by atoms with Crippen molar-refractivity contribution in [2.45, 2.75) is 77.8 Å². The van der Waals surface area contributed by atoms with Crippen LogP contribution in [0.1, 0.15) is 75.4 Å². The van der Waals surface area contributed by atoms with Crippen LogP contribution in [0.15, 0.2) is 73.1 Å². The molecule has 6 amide bonds. The van der Waals surface area contributed by atoms with Crippen LogP contribution in [-0.2, 0) is 32.2 Å². The first-order valence-electron chi connectivity index (χ1n) is 23.1. The Morgan fingerprint density at radius 1 is 0.623 bits per heavy atom. The van der Waals surface area contributed by atoms with E-state index in [1.807, 2.05) is 88.4 Å². The molecule has 19 nitrogen and oxygen atoms in total. The number of alkyl carbamates (subject to hydrolysis) is 2. The van der Waals surface area contributed by atoms with Gasteiger partial charge in [-0.1, -0.05) is 76.2 Å². The molecule has 19 heteroatoms. The maximum absolute atomic E-state index is 14.3. The van der Waals surface area contributed by atoms with E-state index in [4.69, 9.17) is 23.9 Å². The summed E-state index contributed by atoms with van der Waals surface area (Å²) in [5.74, 6) is 1.42. The number of H-pyrrole nitrogens is 2. The van der Waals surface area contributed by atoms with Crippen LogP contribution in [0.4, 0.5) is 14.4 Å². The highest BCUT2D eigenvalue weighted by Crippen LogP contribution is 2.38. The molecule has 0 spiro atoms. The van der Waals surface area contributed by atoms with Crippen molar-refractivity contribution in [3.63, 3.8) is 0 Å².